The van der Waals surface area contributed by atoms with Crippen LogP contribution in [0.25, 0.3) is 0 Å². The molecule has 0 fully saturated rings. The molecule has 2 nitrogen and oxygen atoms in total. The van der Waals surface area contributed by atoms with E-state index in [4.69, 9.17) is 16.9 Å². The molecule has 0 atom stereocenters. The van der Waals surface area contributed by atoms with Gasteiger partial charge in [0, 0.05) is 0 Å². The van der Waals surface area contributed by atoms with Gasteiger partial charge >= 0.3 is 0 Å². The fraction of sp³-hybridized carbons (Fsp3) is 0.250. The fourth-order valence-electron chi connectivity index (χ4n) is 0.763. The van der Waals surface area contributed by atoms with Crippen molar-refractivity contribution in [1.29, 1.82) is 5.26 Å². The third-order valence-electron chi connectivity index (χ3n) is 1.47. The summed E-state index contributed by atoms with van der Waals surface area (Å²) in [5.74, 6) is 0. The maximum atomic E-state index is 8.55. The van der Waals surface area contributed by atoms with Gasteiger partial charge in [0.1, 0.15) is 12.3 Å². The van der Waals surface area contributed by atoms with E-state index in [0.717, 1.165) is 5.56 Å². The van der Waals surface area contributed by atoms with Crippen molar-refractivity contribution in [1.82, 2.24) is 4.98 Å². The van der Waals surface area contributed by atoms with Crippen LogP contribution in [-0.4, -0.2) is 4.98 Å². The van der Waals surface area contributed by atoms with Crippen molar-refractivity contribution in [2.45, 2.75) is 13.8 Å². The molecule has 3 heteroatoms. The van der Waals surface area contributed by atoms with Gasteiger partial charge in [-0.3, -0.25) is 0 Å². The highest BCUT2D eigenvalue weighted by Gasteiger charge is 2.05. The molecular weight excluding hydrogens is 160 g/mol. The second-order valence-electron chi connectivity index (χ2n) is 2.23. The van der Waals surface area contributed by atoms with Crippen LogP contribution in [-0.2, 0) is 0 Å². The molecule has 0 aromatic carbocycles. The summed E-state index contributed by atoms with van der Waals surface area (Å²) in [7, 11) is 0. The summed E-state index contributed by atoms with van der Waals surface area (Å²) in [6.07, 6.45) is 2.60. The Kier molecular flexibility index (Phi) is 2.11. The summed E-state index contributed by atoms with van der Waals surface area (Å²) in [6, 6.07) is 1.96. The third-order valence-corrected chi connectivity index (χ3v) is 2.03. The number of aryl methyl sites for hydroxylation is 1. The summed E-state index contributed by atoms with van der Waals surface area (Å²) in [4.78, 5) is 3.83. The maximum Gasteiger partial charge on any atom is 0.108 e. The highest BCUT2D eigenvalue weighted by molar-refractivity contribution is 6.32. The molecule has 0 saturated carbocycles. The lowest BCUT2D eigenvalue weighted by Crippen LogP contribution is -1.90. The number of nitrogens with zero attached hydrogens (tertiary/aromatic N) is 2. The van der Waals surface area contributed by atoms with Crippen molar-refractivity contribution in [2.24, 2.45) is 0 Å². The first-order valence-corrected chi connectivity index (χ1v) is 3.49. The van der Waals surface area contributed by atoms with E-state index in [1.54, 1.807) is 13.8 Å². The number of pyridine rings is 1. The molecule has 0 bridgehead atoms. The van der Waals surface area contributed by atoms with Gasteiger partial charge in [-0.1, -0.05) is 11.6 Å². The molecule has 0 N–H and O–H groups in total. The minimum Gasteiger partial charge on any atom is -0.248 e. The number of rotatable bonds is 0. The monoisotopic (exact) mass is 165 g/mol. The Morgan fingerprint density at radius 2 is 2.18 bits per heavy atom. The normalized spacial score (nSPS) is 9.27. The molecule has 1 rings (SSSR count). The predicted molar refractivity (Wildman–Crippen MR) is 42.3 cm³/mol. The van der Waals surface area contributed by atoms with Gasteiger partial charge in [0.2, 0.25) is 0 Å². The lowest BCUT2D eigenvalue weighted by Gasteiger charge is -2.00. The molecule has 1 heterocycles. The van der Waals surface area contributed by atoms with Gasteiger partial charge in [0.25, 0.3) is 0 Å². The van der Waals surface area contributed by atoms with E-state index in [0.29, 0.717) is 16.3 Å². The van der Waals surface area contributed by atoms with E-state index in [2.05, 4.69) is 11.2 Å². The second kappa shape index (κ2) is 2.89. The summed E-state index contributed by atoms with van der Waals surface area (Å²) in [5.41, 5.74) is 1.88. The molecule has 55 valence electrons. The summed E-state index contributed by atoms with van der Waals surface area (Å²) in [5, 5.41) is 9.11. The molecule has 0 aliphatic heterocycles. The summed E-state index contributed by atoms with van der Waals surface area (Å²) in [6.45, 7) is 3.57. The average molecular weight is 166 g/mol. The first-order chi connectivity index (χ1) is 5.16. The van der Waals surface area contributed by atoms with Crippen LogP contribution in [0.3, 0.4) is 0 Å². The predicted octanol–water partition coefficient (Wildman–Crippen LogP) is 2.02. The zero-order valence-corrected chi connectivity index (χ0v) is 7.03. The van der Waals surface area contributed by atoms with Gasteiger partial charge < -0.3 is 0 Å². The van der Waals surface area contributed by atoms with Crippen LogP contribution in [0.4, 0.5) is 0 Å². The Balaban J connectivity index is 3.40. The van der Waals surface area contributed by atoms with Crippen LogP contribution < -0.4 is 0 Å². The average Bonchev–Trinajstić information content (AvgIpc) is 2.01. The zero-order valence-electron chi connectivity index (χ0n) is 6.27. The number of halogens is 1. The molecule has 11 heavy (non-hydrogen) atoms. The largest absolute Gasteiger partial charge is 0.248 e. The van der Waals surface area contributed by atoms with Crippen molar-refractivity contribution in [3.05, 3.63) is 28.0 Å². The SMILES string of the molecule is Cc1n[c]c(C#N)c(C)c1Cl. The van der Waals surface area contributed by atoms with E-state index in [9.17, 15) is 0 Å². The van der Waals surface area contributed by atoms with Crippen LogP contribution in [0.5, 0.6) is 0 Å². The number of nitriles is 1. The highest BCUT2D eigenvalue weighted by Crippen LogP contribution is 2.19. The Bertz CT molecular complexity index is 326. The zero-order chi connectivity index (χ0) is 8.43. The van der Waals surface area contributed by atoms with Crippen LogP contribution in [0.15, 0.2) is 0 Å². The van der Waals surface area contributed by atoms with Crippen molar-refractivity contribution >= 4 is 11.6 Å². The van der Waals surface area contributed by atoms with Gasteiger partial charge in [-0.05, 0) is 19.4 Å². The lowest BCUT2D eigenvalue weighted by atomic mass is 10.1. The van der Waals surface area contributed by atoms with Crippen LogP contribution in [0.2, 0.25) is 5.02 Å². The van der Waals surface area contributed by atoms with E-state index < -0.39 is 0 Å². The molecule has 0 spiro atoms. The first kappa shape index (κ1) is 8.03. The van der Waals surface area contributed by atoms with Gasteiger partial charge in [-0.25, -0.2) is 4.98 Å². The standard InChI is InChI=1S/C8H6ClN2/c1-5-7(3-10)4-11-6(2)8(5)9/h1-2H3. The van der Waals surface area contributed by atoms with Gasteiger partial charge in [0.15, 0.2) is 0 Å². The lowest BCUT2D eigenvalue weighted by molar-refractivity contribution is 1.15. The molecule has 0 amide bonds. The first-order valence-electron chi connectivity index (χ1n) is 3.11. The Labute approximate surface area is 70.4 Å². The molecule has 0 saturated heterocycles. The maximum absolute atomic E-state index is 8.55. The summed E-state index contributed by atoms with van der Waals surface area (Å²) >= 11 is 5.83. The van der Waals surface area contributed by atoms with Crippen LogP contribution >= 0.6 is 11.6 Å². The van der Waals surface area contributed by atoms with Crippen molar-refractivity contribution in [2.75, 3.05) is 0 Å². The highest BCUT2D eigenvalue weighted by atomic mass is 35.5. The molecule has 0 aliphatic rings. The number of hydrogen-bond donors (Lipinski definition) is 0. The van der Waals surface area contributed by atoms with Crippen LogP contribution in [0, 0.1) is 31.4 Å². The molecular formula is C8H6ClN2. The van der Waals surface area contributed by atoms with Crippen molar-refractivity contribution < 1.29 is 0 Å². The van der Waals surface area contributed by atoms with E-state index >= 15 is 0 Å². The fourth-order valence-corrected chi connectivity index (χ4v) is 0.899. The minimum atomic E-state index is 0.417. The Morgan fingerprint density at radius 3 is 2.73 bits per heavy atom. The van der Waals surface area contributed by atoms with E-state index in [1.807, 2.05) is 6.07 Å². The van der Waals surface area contributed by atoms with E-state index in [-0.39, 0.29) is 0 Å². The second-order valence-corrected chi connectivity index (χ2v) is 2.61. The Hall–Kier alpha value is -1.07. The third kappa shape index (κ3) is 1.33. The van der Waals surface area contributed by atoms with Crippen molar-refractivity contribution in [3.8, 4) is 6.07 Å². The molecule has 0 unspecified atom stereocenters. The van der Waals surface area contributed by atoms with Gasteiger partial charge in [0.05, 0.1) is 16.3 Å². The molecule has 1 aromatic heterocycles. The smallest absolute Gasteiger partial charge is 0.108 e. The number of hydrogen-bond acceptors (Lipinski definition) is 2. The molecule has 1 aromatic rings. The minimum absolute atomic E-state index is 0.417. The number of aromatic nitrogens is 1. The van der Waals surface area contributed by atoms with Crippen LogP contribution in [0.1, 0.15) is 16.8 Å². The van der Waals surface area contributed by atoms with Crippen molar-refractivity contribution in [3.63, 3.8) is 0 Å². The quantitative estimate of drug-likeness (QED) is 0.590. The summed E-state index contributed by atoms with van der Waals surface area (Å²) < 4.78 is 0. The molecule has 1 radical (unpaired) electrons. The Morgan fingerprint density at radius 1 is 1.55 bits per heavy atom. The van der Waals surface area contributed by atoms with Gasteiger partial charge in [-0.15, -0.1) is 0 Å². The van der Waals surface area contributed by atoms with E-state index in [1.165, 1.54) is 0 Å². The van der Waals surface area contributed by atoms with Gasteiger partial charge in [-0.2, -0.15) is 5.26 Å². The topological polar surface area (TPSA) is 36.7 Å². The molecule has 0 aliphatic carbocycles.